The number of nitrogens with zero attached hydrogens (tertiary/aromatic N) is 3. The molecule has 0 aliphatic heterocycles. The van der Waals surface area contributed by atoms with Gasteiger partial charge in [0.25, 0.3) is 5.91 Å². The van der Waals surface area contributed by atoms with Gasteiger partial charge in [0, 0.05) is 24.8 Å². The maximum Gasteiger partial charge on any atom is 0.330 e. The summed E-state index contributed by atoms with van der Waals surface area (Å²) < 4.78 is 3.34. The number of benzene rings is 2. The molecule has 29 heavy (non-hydrogen) atoms. The number of imidazole rings is 1. The van der Waals surface area contributed by atoms with Gasteiger partial charge in [0.1, 0.15) is 0 Å². The molecular formula is C23H22N4O2. The lowest BCUT2D eigenvalue weighted by Gasteiger charge is -2.07. The van der Waals surface area contributed by atoms with Crippen molar-refractivity contribution in [2.75, 3.05) is 6.54 Å². The molecule has 2 heterocycles. The van der Waals surface area contributed by atoms with Crippen LogP contribution in [-0.4, -0.2) is 26.6 Å². The molecule has 4 rings (SSSR count). The molecule has 146 valence electrons. The number of fused-ring (bicyclic) bond motifs is 1. The smallest absolute Gasteiger partial charge is 0.330 e. The largest absolute Gasteiger partial charge is 0.350 e. The van der Waals surface area contributed by atoms with E-state index in [1.165, 1.54) is 0 Å². The molecule has 2 aromatic heterocycles. The Morgan fingerprint density at radius 1 is 1.00 bits per heavy atom. The van der Waals surface area contributed by atoms with Gasteiger partial charge in [-0.1, -0.05) is 48.0 Å². The van der Waals surface area contributed by atoms with E-state index in [0.29, 0.717) is 30.8 Å². The van der Waals surface area contributed by atoms with Crippen molar-refractivity contribution in [2.24, 2.45) is 0 Å². The van der Waals surface area contributed by atoms with Crippen LogP contribution in [0.25, 0.3) is 11.2 Å². The Bertz CT molecular complexity index is 1210. The first-order chi connectivity index (χ1) is 14.1. The van der Waals surface area contributed by atoms with Crippen molar-refractivity contribution in [3.63, 3.8) is 0 Å². The van der Waals surface area contributed by atoms with Gasteiger partial charge < -0.3 is 5.32 Å². The van der Waals surface area contributed by atoms with Crippen LogP contribution < -0.4 is 11.0 Å². The van der Waals surface area contributed by atoms with Crippen LogP contribution in [0, 0.1) is 6.92 Å². The molecule has 0 aliphatic carbocycles. The summed E-state index contributed by atoms with van der Waals surface area (Å²) in [5.41, 5.74) is 3.96. The van der Waals surface area contributed by atoms with Crippen LogP contribution in [0.15, 0.2) is 77.7 Å². The van der Waals surface area contributed by atoms with Gasteiger partial charge >= 0.3 is 5.69 Å². The fraction of sp³-hybridized carbons (Fsp3) is 0.174. The average Bonchev–Trinajstić information content (AvgIpc) is 3.00. The summed E-state index contributed by atoms with van der Waals surface area (Å²) in [7, 11) is 0. The van der Waals surface area contributed by atoms with Gasteiger partial charge in [-0.2, -0.15) is 0 Å². The Morgan fingerprint density at radius 3 is 2.62 bits per heavy atom. The van der Waals surface area contributed by atoms with Gasteiger partial charge in [0.2, 0.25) is 0 Å². The summed E-state index contributed by atoms with van der Waals surface area (Å²) in [6.07, 6.45) is 1.68. The van der Waals surface area contributed by atoms with Crippen molar-refractivity contribution in [1.82, 2.24) is 19.4 Å². The topological polar surface area (TPSA) is 68.9 Å². The van der Waals surface area contributed by atoms with Crippen molar-refractivity contribution in [1.29, 1.82) is 0 Å². The third kappa shape index (κ3) is 3.96. The number of carbonyl (C=O) groups excluding carboxylic acids is 1. The SMILES string of the molecule is Cc1cccc(C(=O)NCCn2c(=O)n(Cc3ccccc3)c3cccnc32)c1. The van der Waals surface area contributed by atoms with Crippen molar-refractivity contribution >= 4 is 17.1 Å². The number of carbonyl (C=O) groups is 1. The quantitative estimate of drug-likeness (QED) is 0.554. The molecule has 6 nitrogen and oxygen atoms in total. The summed E-state index contributed by atoms with van der Waals surface area (Å²) in [4.78, 5) is 29.8. The molecule has 0 unspecified atom stereocenters. The van der Waals surface area contributed by atoms with Crippen LogP contribution in [-0.2, 0) is 13.1 Å². The molecule has 0 fully saturated rings. The second kappa shape index (κ2) is 8.14. The van der Waals surface area contributed by atoms with E-state index >= 15 is 0 Å². The highest BCUT2D eigenvalue weighted by Crippen LogP contribution is 2.12. The fourth-order valence-electron chi connectivity index (χ4n) is 3.44. The molecule has 0 saturated heterocycles. The van der Waals surface area contributed by atoms with E-state index in [4.69, 9.17) is 0 Å². The summed E-state index contributed by atoms with van der Waals surface area (Å²) in [5, 5.41) is 2.89. The average molecular weight is 386 g/mol. The molecule has 2 aromatic carbocycles. The van der Waals surface area contributed by atoms with E-state index in [1.54, 1.807) is 21.4 Å². The molecule has 1 N–H and O–H groups in total. The predicted octanol–water partition coefficient (Wildman–Crippen LogP) is 2.98. The van der Waals surface area contributed by atoms with Crippen LogP contribution in [0.5, 0.6) is 0 Å². The first-order valence-electron chi connectivity index (χ1n) is 9.56. The molecular weight excluding hydrogens is 364 g/mol. The first kappa shape index (κ1) is 18.7. The minimum absolute atomic E-state index is 0.132. The number of amides is 1. The van der Waals surface area contributed by atoms with Crippen LogP contribution in [0.3, 0.4) is 0 Å². The monoisotopic (exact) mass is 386 g/mol. The Labute approximate surface area is 168 Å². The highest BCUT2D eigenvalue weighted by molar-refractivity contribution is 5.94. The minimum Gasteiger partial charge on any atom is -0.350 e. The molecule has 0 saturated carbocycles. The molecule has 4 aromatic rings. The first-order valence-corrected chi connectivity index (χ1v) is 9.56. The van der Waals surface area contributed by atoms with Crippen molar-refractivity contribution in [3.8, 4) is 0 Å². The molecule has 0 bridgehead atoms. The third-order valence-electron chi connectivity index (χ3n) is 4.86. The summed E-state index contributed by atoms with van der Waals surface area (Å²) in [6, 6.07) is 21.0. The zero-order chi connectivity index (χ0) is 20.2. The lowest BCUT2D eigenvalue weighted by Crippen LogP contribution is -2.32. The lowest BCUT2D eigenvalue weighted by atomic mass is 10.1. The number of pyridine rings is 1. The number of hydrogen-bond donors (Lipinski definition) is 1. The van der Waals surface area contributed by atoms with Crippen molar-refractivity contribution in [3.05, 3.63) is 100 Å². The summed E-state index contributed by atoms with van der Waals surface area (Å²) >= 11 is 0. The van der Waals surface area contributed by atoms with Crippen LogP contribution in [0.1, 0.15) is 21.5 Å². The highest BCUT2D eigenvalue weighted by atomic mass is 16.2. The highest BCUT2D eigenvalue weighted by Gasteiger charge is 2.14. The van der Waals surface area contributed by atoms with E-state index in [1.807, 2.05) is 67.6 Å². The molecule has 6 heteroatoms. The third-order valence-corrected chi connectivity index (χ3v) is 4.86. The van der Waals surface area contributed by atoms with E-state index in [9.17, 15) is 9.59 Å². The number of rotatable bonds is 6. The van der Waals surface area contributed by atoms with Crippen molar-refractivity contribution < 1.29 is 4.79 Å². The zero-order valence-electron chi connectivity index (χ0n) is 16.2. The maximum atomic E-state index is 13.1. The second-order valence-electron chi connectivity index (χ2n) is 6.98. The molecule has 0 spiro atoms. The maximum absolute atomic E-state index is 13.1. The minimum atomic E-state index is -0.150. The lowest BCUT2D eigenvalue weighted by molar-refractivity contribution is 0.0952. The Hall–Kier alpha value is -3.67. The molecule has 0 atom stereocenters. The molecule has 0 radical (unpaired) electrons. The Balaban J connectivity index is 1.55. The number of aryl methyl sites for hydroxylation is 1. The standard InChI is InChI=1S/C23H22N4O2/c1-17-7-5-10-19(15-17)22(28)25-13-14-26-21-20(11-6-12-24-21)27(23(26)29)16-18-8-3-2-4-9-18/h2-12,15H,13-14,16H2,1H3,(H,25,28). The van der Waals surface area contributed by atoms with E-state index < -0.39 is 0 Å². The van der Waals surface area contributed by atoms with Gasteiger partial charge in [0.15, 0.2) is 5.65 Å². The van der Waals surface area contributed by atoms with E-state index in [-0.39, 0.29) is 11.6 Å². The Kier molecular flexibility index (Phi) is 5.24. The zero-order valence-corrected chi connectivity index (χ0v) is 16.2. The number of aromatic nitrogens is 3. The number of hydrogen-bond acceptors (Lipinski definition) is 3. The van der Waals surface area contributed by atoms with Crippen LogP contribution in [0.2, 0.25) is 0 Å². The molecule has 0 aliphatic rings. The normalized spacial score (nSPS) is 10.9. The Morgan fingerprint density at radius 2 is 1.83 bits per heavy atom. The van der Waals surface area contributed by atoms with Gasteiger partial charge in [-0.15, -0.1) is 0 Å². The van der Waals surface area contributed by atoms with Crippen molar-refractivity contribution in [2.45, 2.75) is 20.0 Å². The molecule has 1 amide bonds. The van der Waals surface area contributed by atoms with Gasteiger partial charge in [-0.3, -0.25) is 13.9 Å². The summed E-state index contributed by atoms with van der Waals surface area (Å²) in [5.74, 6) is -0.150. The van der Waals surface area contributed by atoms with E-state index in [2.05, 4.69) is 10.3 Å². The van der Waals surface area contributed by atoms with Gasteiger partial charge in [-0.05, 0) is 36.8 Å². The van der Waals surface area contributed by atoms with Gasteiger partial charge in [-0.25, -0.2) is 9.78 Å². The second-order valence-corrected chi connectivity index (χ2v) is 6.98. The fourth-order valence-corrected chi connectivity index (χ4v) is 3.44. The van der Waals surface area contributed by atoms with E-state index in [0.717, 1.165) is 16.6 Å². The summed E-state index contributed by atoms with van der Waals surface area (Å²) in [6.45, 7) is 3.12. The number of nitrogens with one attached hydrogen (secondary N) is 1. The van der Waals surface area contributed by atoms with Crippen LogP contribution >= 0.6 is 0 Å². The predicted molar refractivity (Wildman–Crippen MR) is 113 cm³/mol. The van der Waals surface area contributed by atoms with Crippen LogP contribution in [0.4, 0.5) is 0 Å². The van der Waals surface area contributed by atoms with Gasteiger partial charge in [0.05, 0.1) is 12.1 Å².